The Balaban J connectivity index is 3.36. The molecule has 4 nitrogen and oxygen atoms in total. The lowest BCUT2D eigenvalue weighted by atomic mass is 10.4. The normalized spacial score (nSPS) is 11.5. The Morgan fingerprint density at radius 3 is 2.42 bits per heavy atom. The second kappa shape index (κ2) is 3.08. The van der Waals surface area contributed by atoms with Gasteiger partial charge in [0.15, 0.2) is 0 Å². The average molecular weight is 229 g/mol. The monoisotopic (exact) mass is 228 g/mol. The zero-order chi connectivity index (χ0) is 9.35. The highest BCUT2D eigenvalue weighted by Crippen LogP contribution is 2.22. The summed E-state index contributed by atoms with van der Waals surface area (Å²) in [6.07, 6.45) is 1.02. The fourth-order valence-electron chi connectivity index (χ4n) is 0.630. The molecular formula is C5H2Cl2O4S. The van der Waals surface area contributed by atoms with Crippen LogP contribution in [0.25, 0.3) is 0 Å². The van der Waals surface area contributed by atoms with Gasteiger partial charge in [-0.3, -0.25) is 4.79 Å². The van der Waals surface area contributed by atoms with Gasteiger partial charge in [-0.1, -0.05) is 0 Å². The van der Waals surface area contributed by atoms with Crippen LogP contribution in [0.5, 0.6) is 0 Å². The van der Waals surface area contributed by atoms with Gasteiger partial charge in [0.1, 0.15) is 0 Å². The Kier molecular flexibility index (Phi) is 2.46. The molecule has 0 N–H and O–H groups in total. The summed E-state index contributed by atoms with van der Waals surface area (Å²) in [6, 6.07) is 1.13. The summed E-state index contributed by atoms with van der Waals surface area (Å²) in [4.78, 5) is 10.6. The largest absolute Gasteiger partial charge is 0.451 e. The van der Waals surface area contributed by atoms with Gasteiger partial charge in [0.05, 0.1) is 11.8 Å². The third-order valence-electron chi connectivity index (χ3n) is 1.06. The van der Waals surface area contributed by atoms with Crippen molar-refractivity contribution < 1.29 is 17.6 Å². The Bertz CT molecular complexity index is 405. The maximum Gasteiger partial charge on any atom is 0.295 e. The van der Waals surface area contributed by atoms with Gasteiger partial charge in [0.2, 0.25) is 5.09 Å². The molecule has 1 heterocycles. The van der Waals surface area contributed by atoms with E-state index in [1.165, 1.54) is 0 Å². The molecule has 0 aromatic carbocycles. The van der Waals surface area contributed by atoms with Gasteiger partial charge in [0.25, 0.3) is 14.3 Å². The van der Waals surface area contributed by atoms with Crippen molar-refractivity contribution in [3.8, 4) is 0 Å². The molecule has 0 fully saturated rings. The maximum absolute atomic E-state index is 10.7. The molecule has 0 aliphatic heterocycles. The summed E-state index contributed by atoms with van der Waals surface area (Å²) in [6.45, 7) is 0. The van der Waals surface area contributed by atoms with Crippen molar-refractivity contribution in [2.75, 3.05) is 0 Å². The fraction of sp³-hybridized carbons (Fsp3) is 0. The molecule has 12 heavy (non-hydrogen) atoms. The molecule has 0 atom stereocenters. The van der Waals surface area contributed by atoms with Crippen LogP contribution in [-0.2, 0) is 9.05 Å². The van der Waals surface area contributed by atoms with Crippen LogP contribution in [0.3, 0.4) is 0 Å². The number of hydrogen-bond donors (Lipinski definition) is 0. The van der Waals surface area contributed by atoms with Gasteiger partial charge >= 0.3 is 0 Å². The Labute approximate surface area is 77.5 Å². The van der Waals surface area contributed by atoms with Gasteiger partial charge in [0, 0.05) is 10.7 Å². The zero-order valence-electron chi connectivity index (χ0n) is 5.45. The summed E-state index contributed by atoms with van der Waals surface area (Å²) in [5.41, 5.74) is -0.258. The first-order valence-electron chi connectivity index (χ1n) is 2.65. The highest BCUT2D eigenvalue weighted by molar-refractivity contribution is 8.13. The smallest absolute Gasteiger partial charge is 0.295 e. The first-order chi connectivity index (χ1) is 5.43. The third-order valence-corrected chi connectivity index (χ3v) is 2.45. The van der Waals surface area contributed by atoms with E-state index in [0.717, 1.165) is 12.3 Å². The van der Waals surface area contributed by atoms with Crippen LogP contribution in [0.15, 0.2) is 21.8 Å². The van der Waals surface area contributed by atoms with E-state index in [9.17, 15) is 13.2 Å². The fourth-order valence-corrected chi connectivity index (χ4v) is 1.79. The predicted molar refractivity (Wildman–Crippen MR) is 41.9 cm³/mol. The van der Waals surface area contributed by atoms with E-state index in [1.807, 2.05) is 0 Å². The predicted octanol–water partition coefficient (Wildman–Crippen LogP) is 1.59. The van der Waals surface area contributed by atoms with Crippen molar-refractivity contribution in [3.63, 3.8) is 0 Å². The van der Waals surface area contributed by atoms with Gasteiger partial charge < -0.3 is 4.42 Å². The molecular weight excluding hydrogens is 227 g/mol. The molecule has 1 aromatic heterocycles. The van der Waals surface area contributed by atoms with Crippen LogP contribution in [-0.4, -0.2) is 13.7 Å². The lowest BCUT2D eigenvalue weighted by Gasteiger charge is -1.90. The van der Waals surface area contributed by atoms with Gasteiger partial charge in [-0.25, -0.2) is 8.42 Å². The van der Waals surface area contributed by atoms with Gasteiger partial charge in [-0.05, 0) is 17.7 Å². The van der Waals surface area contributed by atoms with Gasteiger partial charge in [-0.15, -0.1) is 0 Å². The SMILES string of the molecule is O=C(Cl)c1ccoc1S(=O)(=O)Cl. The van der Waals surface area contributed by atoms with Crippen molar-refractivity contribution in [2.24, 2.45) is 0 Å². The molecule has 0 saturated carbocycles. The van der Waals surface area contributed by atoms with Crippen molar-refractivity contribution in [1.29, 1.82) is 0 Å². The van der Waals surface area contributed by atoms with E-state index in [1.54, 1.807) is 0 Å². The minimum Gasteiger partial charge on any atom is -0.451 e. The van der Waals surface area contributed by atoms with Crippen molar-refractivity contribution >= 4 is 36.6 Å². The molecule has 0 spiro atoms. The number of carbonyl (C=O) groups is 1. The van der Waals surface area contributed by atoms with Crippen molar-refractivity contribution in [3.05, 3.63) is 17.9 Å². The van der Waals surface area contributed by atoms with Crippen LogP contribution < -0.4 is 0 Å². The number of furan rings is 1. The standard InChI is InChI=1S/C5H2Cl2O4S/c6-4(8)3-1-2-11-5(3)12(7,9)10/h1-2H. The molecule has 7 heteroatoms. The second-order valence-electron chi connectivity index (χ2n) is 1.83. The van der Waals surface area contributed by atoms with E-state index in [-0.39, 0.29) is 5.56 Å². The van der Waals surface area contributed by atoms with Crippen LogP contribution in [0, 0.1) is 0 Å². The molecule has 66 valence electrons. The minimum absolute atomic E-state index is 0.258. The number of rotatable bonds is 2. The quantitative estimate of drug-likeness (QED) is 0.722. The molecule has 0 aliphatic carbocycles. The average Bonchev–Trinajstić information content (AvgIpc) is 2.30. The third kappa shape index (κ3) is 1.80. The van der Waals surface area contributed by atoms with E-state index >= 15 is 0 Å². The molecule has 1 aromatic rings. The van der Waals surface area contributed by atoms with Crippen LogP contribution in [0.4, 0.5) is 0 Å². The molecule has 0 bridgehead atoms. The molecule has 0 radical (unpaired) electrons. The number of hydrogen-bond acceptors (Lipinski definition) is 4. The molecule has 1 rings (SSSR count). The summed E-state index contributed by atoms with van der Waals surface area (Å²) in [7, 11) is 0.882. The second-order valence-corrected chi connectivity index (χ2v) is 4.64. The van der Waals surface area contributed by atoms with E-state index in [2.05, 4.69) is 4.42 Å². The van der Waals surface area contributed by atoms with E-state index in [0.29, 0.717) is 0 Å². The lowest BCUT2D eigenvalue weighted by molar-refractivity contribution is 0.107. The van der Waals surface area contributed by atoms with E-state index < -0.39 is 19.4 Å². The molecule has 0 unspecified atom stereocenters. The highest BCUT2D eigenvalue weighted by Gasteiger charge is 2.23. The molecule has 0 saturated heterocycles. The summed E-state index contributed by atoms with van der Waals surface area (Å²) >= 11 is 5.03. The van der Waals surface area contributed by atoms with Crippen LogP contribution in [0.1, 0.15) is 10.4 Å². The van der Waals surface area contributed by atoms with E-state index in [4.69, 9.17) is 22.3 Å². The lowest BCUT2D eigenvalue weighted by Crippen LogP contribution is -1.96. The van der Waals surface area contributed by atoms with Crippen molar-refractivity contribution in [1.82, 2.24) is 0 Å². The first kappa shape index (κ1) is 9.57. The number of halogens is 2. The topological polar surface area (TPSA) is 64.3 Å². The number of carbonyl (C=O) groups excluding carboxylic acids is 1. The Morgan fingerprint density at radius 1 is 1.50 bits per heavy atom. The maximum atomic E-state index is 10.7. The zero-order valence-corrected chi connectivity index (χ0v) is 7.78. The molecule has 0 aliphatic rings. The highest BCUT2D eigenvalue weighted by atomic mass is 35.7. The summed E-state index contributed by atoms with van der Waals surface area (Å²) in [5.74, 6) is 0. The first-order valence-corrected chi connectivity index (χ1v) is 5.33. The Hall–Kier alpha value is -0.520. The molecule has 0 amide bonds. The summed E-state index contributed by atoms with van der Waals surface area (Å²) in [5, 5.41) is -1.55. The Morgan fingerprint density at radius 2 is 2.08 bits per heavy atom. The van der Waals surface area contributed by atoms with Crippen LogP contribution >= 0.6 is 22.3 Å². The summed E-state index contributed by atoms with van der Waals surface area (Å²) < 4.78 is 25.8. The van der Waals surface area contributed by atoms with Crippen molar-refractivity contribution in [2.45, 2.75) is 5.09 Å². The van der Waals surface area contributed by atoms with Crippen LogP contribution in [0.2, 0.25) is 0 Å². The van der Waals surface area contributed by atoms with Gasteiger partial charge in [-0.2, -0.15) is 0 Å². The minimum atomic E-state index is -4.03.